The number of hydrogen-bond donors (Lipinski definition) is 2. The number of nitrogens with one attached hydrogen (secondary N) is 2. The number of carbonyl (C=O) groups is 2. The van der Waals surface area contributed by atoms with Crippen LogP contribution in [0.25, 0.3) is 0 Å². The minimum atomic E-state index is -4.56. The maximum Gasteiger partial charge on any atom is 0.416 e. The van der Waals surface area contributed by atoms with Crippen LogP contribution in [-0.2, 0) is 11.0 Å². The number of benzene rings is 2. The van der Waals surface area contributed by atoms with E-state index in [-0.39, 0.29) is 17.8 Å². The molecule has 29 heavy (non-hydrogen) atoms. The van der Waals surface area contributed by atoms with E-state index >= 15 is 0 Å². The lowest BCUT2D eigenvalue weighted by molar-refractivity contribution is -0.137. The fourth-order valence-corrected chi connectivity index (χ4v) is 3.46. The molecule has 2 aliphatic heterocycles. The summed E-state index contributed by atoms with van der Waals surface area (Å²) in [6.07, 6.45) is -4.56. The summed E-state index contributed by atoms with van der Waals surface area (Å²) in [5.74, 6) is -0.411. The fraction of sp³-hybridized carbons (Fsp3) is 0.150. The molecule has 146 valence electrons. The third kappa shape index (κ3) is 3.18. The third-order valence-corrected chi connectivity index (χ3v) is 4.81. The summed E-state index contributed by atoms with van der Waals surface area (Å²) >= 11 is 0. The van der Waals surface area contributed by atoms with Crippen molar-refractivity contribution >= 4 is 17.6 Å². The molecule has 0 spiro atoms. The Balaban J connectivity index is 1.80. The summed E-state index contributed by atoms with van der Waals surface area (Å²) < 4.78 is 39.3. The average molecular weight is 398 g/mol. The molecule has 0 saturated heterocycles. The number of amides is 3. The quantitative estimate of drug-likeness (QED) is 0.815. The number of hydrogen-bond acceptors (Lipinski definition) is 3. The van der Waals surface area contributed by atoms with Crippen molar-refractivity contribution in [2.24, 2.45) is 0 Å². The molecule has 0 saturated carbocycles. The third-order valence-electron chi connectivity index (χ3n) is 4.81. The van der Waals surface area contributed by atoms with Crippen LogP contribution in [0.4, 0.5) is 23.7 Å². The highest BCUT2D eigenvalue weighted by Gasteiger charge is 2.42. The van der Waals surface area contributed by atoms with Crippen molar-refractivity contribution in [1.82, 2.24) is 10.6 Å². The first-order valence-corrected chi connectivity index (χ1v) is 8.59. The molecule has 6 nitrogen and oxygen atoms in total. The van der Waals surface area contributed by atoms with Crippen molar-refractivity contribution in [3.8, 4) is 6.07 Å². The summed E-state index contributed by atoms with van der Waals surface area (Å²) in [7, 11) is 0. The van der Waals surface area contributed by atoms with Gasteiger partial charge in [0.25, 0.3) is 5.91 Å². The molecule has 0 radical (unpaired) electrons. The molecule has 0 aliphatic carbocycles. The van der Waals surface area contributed by atoms with E-state index in [2.05, 4.69) is 10.6 Å². The van der Waals surface area contributed by atoms with E-state index in [1.807, 2.05) is 6.07 Å². The monoisotopic (exact) mass is 398 g/mol. The van der Waals surface area contributed by atoms with Crippen LogP contribution in [0, 0.1) is 11.3 Å². The van der Waals surface area contributed by atoms with E-state index < -0.39 is 29.7 Å². The smallest absolute Gasteiger partial charge is 0.347 e. The predicted octanol–water partition coefficient (Wildman–Crippen LogP) is 3.23. The molecule has 4 rings (SSSR count). The van der Waals surface area contributed by atoms with Crippen LogP contribution in [0.3, 0.4) is 0 Å². The summed E-state index contributed by atoms with van der Waals surface area (Å²) in [6.45, 7) is 0.0185. The Morgan fingerprint density at radius 3 is 2.48 bits per heavy atom. The van der Waals surface area contributed by atoms with Gasteiger partial charge in [0, 0.05) is 0 Å². The van der Waals surface area contributed by atoms with Crippen molar-refractivity contribution < 1.29 is 22.8 Å². The molecule has 0 unspecified atom stereocenters. The van der Waals surface area contributed by atoms with Gasteiger partial charge in [0.15, 0.2) is 0 Å². The summed E-state index contributed by atoms with van der Waals surface area (Å²) in [5.41, 5.74) is 0.687. The molecular weight excluding hydrogens is 385 g/mol. The number of nitrogens with zero attached hydrogens (tertiary/aromatic N) is 2. The molecule has 2 heterocycles. The minimum Gasteiger partial charge on any atom is -0.347 e. The summed E-state index contributed by atoms with van der Waals surface area (Å²) in [5, 5.41) is 14.2. The maximum atomic E-state index is 13.1. The van der Waals surface area contributed by atoms with E-state index in [1.165, 1.54) is 12.1 Å². The molecule has 2 aromatic carbocycles. The Labute approximate surface area is 163 Å². The molecular formula is C20H13F3N4O2. The molecule has 2 aliphatic rings. The first-order valence-electron chi connectivity index (χ1n) is 8.59. The van der Waals surface area contributed by atoms with Gasteiger partial charge in [-0.2, -0.15) is 18.4 Å². The zero-order valence-electron chi connectivity index (χ0n) is 14.7. The highest BCUT2D eigenvalue weighted by Crippen LogP contribution is 2.38. The van der Waals surface area contributed by atoms with Crippen LogP contribution in [0.1, 0.15) is 22.7 Å². The van der Waals surface area contributed by atoms with E-state index in [9.17, 15) is 22.8 Å². The number of halogens is 3. The number of carbonyl (C=O) groups excluding carboxylic acids is 2. The number of anilines is 1. The Kier molecular flexibility index (Phi) is 4.27. The van der Waals surface area contributed by atoms with Crippen LogP contribution < -0.4 is 15.5 Å². The van der Waals surface area contributed by atoms with Gasteiger partial charge >= 0.3 is 12.2 Å². The first-order chi connectivity index (χ1) is 13.8. The fourth-order valence-electron chi connectivity index (χ4n) is 3.46. The Hall–Kier alpha value is -3.80. The largest absolute Gasteiger partial charge is 0.416 e. The van der Waals surface area contributed by atoms with E-state index in [0.717, 1.165) is 17.0 Å². The van der Waals surface area contributed by atoms with Gasteiger partial charge in [0.1, 0.15) is 0 Å². The molecule has 0 fully saturated rings. The standard InChI is InChI=1S/C20H13F3N4O2/c21-20(22,23)13-2-1-3-14(8-13)27-15-10-25-18(28)16(15)17(26-19(27)29)12-6-4-11(9-24)5-7-12/h1-8,17H,10H2,(H,25,28)(H,26,29)/t17-/m1/s1. The van der Waals surface area contributed by atoms with E-state index in [1.54, 1.807) is 24.3 Å². The minimum absolute atomic E-state index is 0.0135. The SMILES string of the molecule is N#Cc1ccc([C@H]2NC(=O)N(c3cccc(C(F)(F)F)c3)C3=C2C(=O)NC3)cc1. The zero-order valence-corrected chi connectivity index (χ0v) is 14.7. The van der Waals surface area contributed by atoms with Gasteiger partial charge in [0.2, 0.25) is 0 Å². The number of rotatable bonds is 2. The van der Waals surface area contributed by atoms with Gasteiger partial charge < -0.3 is 10.6 Å². The van der Waals surface area contributed by atoms with E-state index in [4.69, 9.17) is 5.26 Å². The lowest BCUT2D eigenvalue weighted by atomic mass is 9.94. The van der Waals surface area contributed by atoms with Gasteiger partial charge in [0.05, 0.1) is 46.7 Å². The second kappa shape index (κ2) is 6.67. The Morgan fingerprint density at radius 1 is 1.10 bits per heavy atom. The van der Waals surface area contributed by atoms with Gasteiger partial charge in [-0.15, -0.1) is 0 Å². The van der Waals surface area contributed by atoms with Crippen molar-refractivity contribution in [2.75, 3.05) is 11.4 Å². The van der Waals surface area contributed by atoms with Crippen LogP contribution in [0.2, 0.25) is 0 Å². The predicted molar refractivity (Wildman–Crippen MR) is 96.4 cm³/mol. The van der Waals surface area contributed by atoms with Crippen LogP contribution in [0.5, 0.6) is 0 Å². The van der Waals surface area contributed by atoms with Gasteiger partial charge in [-0.3, -0.25) is 9.69 Å². The maximum absolute atomic E-state index is 13.1. The summed E-state index contributed by atoms with van der Waals surface area (Å²) in [4.78, 5) is 26.4. The molecule has 0 bridgehead atoms. The van der Waals surface area contributed by atoms with Gasteiger partial charge in [-0.25, -0.2) is 4.79 Å². The zero-order chi connectivity index (χ0) is 20.8. The molecule has 3 amide bonds. The highest BCUT2D eigenvalue weighted by molar-refractivity contribution is 6.07. The lowest BCUT2D eigenvalue weighted by Gasteiger charge is -2.33. The van der Waals surface area contributed by atoms with Crippen molar-refractivity contribution in [3.05, 3.63) is 76.5 Å². The van der Waals surface area contributed by atoms with Crippen LogP contribution in [-0.4, -0.2) is 18.5 Å². The van der Waals surface area contributed by atoms with Crippen LogP contribution in [0.15, 0.2) is 59.8 Å². The van der Waals surface area contributed by atoms with Crippen molar-refractivity contribution in [3.63, 3.8) is 0 Å². The molecule has 1 atom stereocenters. The first kappa shape index (κ1) is 18.6. The molecule has 0 aromatic heterocycles. The van der Waals surface area contributed by atoms with Crippen molar-refractivity contribution in [2.45, 2.75) is 12.2 Å². The molecule has 9 heteroatoms. The Morgan fingerprint density at radius 2 is 1.83 bits per heavy atom. The normalized spacial score (nSPS) is 18.8. The van der Waals surface area contributed by atoms with Gasteiger partial charge in [-0.1, -0.05) is 18.2 Å². The van der Waals surface area contributed by atoms with Crippen LogP contribution >= 0.6 is 0 Å². The summed E-state index contributed by atoms with van der Waals surface area (Å²) in [6, 6.07) is 11.3. The average Bonchev–Trinajstić information content (AvgIpc) is 3.08. The number of alkyl halides is 3. The molecule has 2 N–H and O–H groups in total. The topological polar surface area (TPSA) is 85.2 Å². The second-order valence-corrected chi connectivity index (χ2v) is 6.54. The highest BCUT2D eigenvalue weighted by atomic mass is 19.4. The second-order valence-electron chi connectivity index (χ2n) is 6.54. The number of urea groups is 1. The van der Waals surface area contributed by atoms with Crippen molar-refractivity contribution in [1.29, 1.82) is 5.26 Å². The lowest BCUT2D eigenvalue weighted by Crippen LogP contribution is -2.47. The molecule has 2 aromatic rings. The Bertz CT molecular complexity index is 1080. The number of nitriles is 1. The van der Waals surface area contributed by atoms with Gasteiger partial charge in [-0.05, 0) is 35.9 Å². The van der Waals surface area contributed by atoms with E-state index in [0.29, 0.717) is 16.8 Å².